The van der Waals surface area contributed by atoms with Gasteiger partial charge >= 0.3 is 0 Å². The Hall–Kier alpha value is -1.29. The molecule has 2 aromatic heterocycles. The molecule has 0 radical (unpaired) electrons. The zero-order chi connectivity index (χ0) is 9.26. The molecule has 0 aliphatic heterocycles. The first-order valence-corrected chi connectivity index (χ1v) is 4.29. The van der Waals surface area contributed by atoms with E-state index in [0.717, 1.165) is 5.82 Å². The Balaban J connectivity index is 2.19. The summed E-state index contributed by atoms with van der Waals surface area (Å²) in [5.41, 5.74) is 0. The van der Waals surface area contributed by atoms with Crippen LogP contribution in [0.5, 0.6) is 0 Å². The molecule has 4 nitrogen and oxygen atoms in total. The van der Waals surface area contributed by atoms with Crippen LogP contribution >= 0.6 is 11.6 Å². The molecule has 0 aliphatic carbocycles. The molecule has 0 saturated heterocycles. The Morgan fingerprint density at radius 1 is 1.54 bits per heavy atom. The van der Waals surface area contributed by atoms with Crippen molar-refractivity contribution in [3.05, 3.63) is 35.6 Å². The van der Waals surface area contributed by atoms with E-state index < -0.39 is 0 Å². The maximum atomic E-state index is 5.73. The van der Waals surface area contributed by atoms with Gasteiger partial charge in [0.15, 0.2) is 0 Å². The standard InChI is InChI=1S/C8H9ClN4/c1-7-10-2-3-12(7)6-13-5-8(9)4-11-13/h2-5H,6H2,1H3. The highest BCUT2D eigenvalue weighted by Gasteiger charge is 1.98. The largest absolute Gasteiger partial charge is 0.315 e. The number of aromatic nitrogens is 4. The molecule has 2 aromatic rings. The van der Waals surface area contributed by atoms with Crippen LogP contribution in [0.2, 0.25) is 5.02 Å². The van der Waals surface area contributed by atoms with Gasteiger partial charge in [-0.1, -0.05) is 11.6 Å². The number of imidazole rings is 1. The molecule has 2 heterocycles. The predicted octanol–water partition coefficient (Wildman–Crippen LogP) is 1.55. The average Bonchev–Trinajstić information content (AvgIpc) is 2.64. The first kappa shape index (κ1) is 8.31. The summed E-state index contributed by atoms with van der Waals surface area (Å²) in [6, 6.07) is 0. The van der Waals surface area contributed by atoms with Gasteiger partial charge in [0, 0.05) is 18.6 Å². The maximum Gasteiger partial charge on any atom is 0.117 e. The second-order valence-electron chi connectivity index (χ2n) is 2.78. The van der Waals surface area contributed by atoms with Crippen LogP contribution in [-0.2, 0) is 6.67 Å². The molecule has 0 N–H and O–H groups in total. The van der Waals surface area contributed by atoms with Crippen molar-refractivity contribution in [2.45, 2.75) is 13.6 Å². The first-order chi connectivity index (χ1) is 6.25. The van der Waals surface area contributed by atoms with Crippen molar-refractivity contribution in [3.8, 4) is 0 Å². The second-order valence-corrected chi connectivity index (χ2v) is 3.22. The van der Waals surface area contributed by atoms with E-state index in [2.05, 4.69) is 10.1 Å². The van der Waals surface area contributed by atoms with Crippen molar-refractivity contribution < 1.29 is 0 Å². The fourth-order valence-corrected chi connectivity index (χ4v) is 1.28. The summed E-state index contributed by atoms with van der Waals surface area (Å²) >= 11 is 5.73. The van der Waals surface area contributed by atoms with Crippen LogP contribution in [0.1, 0.15) is 5.82 Å². The van der Waals surface area contributed by atoms with E-state index in [1.54, 1.807) is 23.3 Å². The summed E-state index contributed by atoms with van der Waals surface area (Å²) < 4.78 is 3.75. The lowest BCUT2D eigenvalue weighted by Gasteiger charge is -2.03. The molecule has 0 aliphatic rings. The van der Waals surface area contributed by atoms with Crippen LogP contribution < -0.4 is 0 Å². The van der Waals surface area contributed by atoms with E-state index in [-0.39, 0.29) is 0 Å². The third kappa shape index (κ3) is 1.72. The van der Waals surface area contributed by atoms with Gasteiger partial charge in [-0.05, 0) is 6.92 Å². The minimum absolute atomic E-state index is 0.651. The highest BCUT2D eigenvalue weighted by atomic mass is 35.5. The highest BCUT2D eigenvalue weighted by molar-refractivity contribution is 6.30. The lowest BCUT2D eigenvalue weighted by Crippen LogP contribution is -2.08. The number of nitrogens with zero attached hydrogens (tertiary/aromatic N) is 4. The lowest BCUT2D eigenvalue weighted by molar-refractivity contribution is 0.537. The molecule has 2 rings (SSSR count). The van der Waals surface area contributed by atoms with Crippen LogP contribution in [0.25, 0.3) is 0 Å². The molecule has 0 aromatic carbocycles. The van der Waals surface area contributed by atoms with Crippen molar-refractivity contribution in [3.63, 3.8) is 0 Å². The molecule has 68 valence electrons. The van der Waals surface area contributed by atoms with E-state index >= 15 is 0 Å². The van der Waals surface area contributed by atoms with E-state index in [9.17, 15) is 0 Å². The molecule has 0 unspecified atom stereocenters. The van der Waals surface area contributed by atoms with Crippen molar-refractivity contribution in [1.29, 1.82) is 0 Å². The van der Waals surface area contributed by atoms with Crippen LogP contribution in [0, 0.1) is 6.92 Å². The van der Waals surface area contributed by atoms with Crippen LogP contribution in [-0.4, -0.2) is 19.3 Å². The molecule has 0 fully saturated rings. The van der Waals surface area contributed by atoms with Crippen LogP contribution in [0.3, 0.4) is 0 Å². The summed E-state index contributed by atoms with van der Waals surface area (Å²) in [5, 5.41) is 4.72. The van der Waals surface area contributed by atoms with E-state index in [1.807, 2.05) is 17.7 Å². The Labute approximate surface area is 80.8 Å². The third-order valence-electron chi connectivity index (χ3n) is 1.82. The topological polar surface area (TPSA) is 35.6 Å². The van der Waals surface area contributed by atoms with Gasteiger partial charge in [-0.25, -0.2) is 4.98 Å². The molecule has 0 amide bonds. The summed E-state index contributed by atoms with van der Waals surface area (Å²) in [6.45, 7) is 2.60. The van der Waals surface area contributed by atoms with Crippen LogP contribution in [0.15, 0.2) is 24.8 Å². The first-order valence-electron chi connectivity index (χ1n) is 3.91. The van der Waals surface area contributed by atoms with Crippen molar-refractivity contribution >= 4 is 11.6 Å². The molecule has 0 saturated carbocycles. The average molecular weight is 197 g/mol. The summed E-state index contributed by atoms with van der Waals surface area (Å²) in [5.74, 6) is 0.964. The van der Waals surface area contributed by atoms with Gasteiger partial charge in [-0.2, -0.15) is 5.10 Å². The predicted molar refractivity (Wildman–Crippen MR) is 49.6 cm³/mol. The maximum absolute atomic E-state index is 5.73. The quantitative estimate of drug-likeness (QED) is 0.731. The van der Waals surface area contributed by atoms with Gasteiger partial charge in [0.05, 0.1) is 11.2 Å². The Kier molecular flexibility index (Phi) is 2.06. The van der Waals surface area contributed by atoms with Gasteiger partial charge in [0.2, 0.25) is 0 Å². The number of aryl methyl sites for hydroxylation is 1. The summed E-state index contributed by atoms with van der Waals surface area (Å²) in [7, 11) is 0. The Bertz CT molecular complexity index is 404. The molecule has 0 bridgehead atoms. The molecular weight excluding hydrogens is 188 g/mol. The van der Waals surface area contributed by atoms with Crippen LogP contribution in [0.4, 0.5) is 0 Å². The van der Waals surface area contributed by atoms with Gasteiger partial charge in [-0.3, -0.25) is 4.68 Å². The van der Waals surface area contributed by atoms with Gasteiger partial charge in [0.25, 0.3) is 0 Å². The Morgan fingerprint density at radius 3 is 2.92 bits per heavy atom. The van der Waals surface area contributed by atoms with Gasteiger partial charge in [-0.15, -0.1) is 0 Å². The molecule has 5 heteroatoms. The highest BCUT2D eigenvalue weighted by Crippen LogP contribution is 2.05. The van der Waals surface area contributed by atoms with Crippen molar-refractivity contribution in [2.24, 2.45) is 0 Å². The van der Waals surface area contributed by atoms with E-state index in [1.165, 1.54) is 0 Å². The zero-order valence-corrected chi connectivity index (χ0v) is 7.94. The fourth-order valence-electron chi connectivity index (χ4n) is 1.12. The lowest BCUT2D eigenvalue weighted by atomic mass is 10.7. The van der Waals surface area contributed by atoms with E-state index in [4.69, 9.17) is 11.6 Å². The van der Waals surface area contributed by atoms with Crippen molar-refractivity contribution in [1.82, 2.24) is 19.3 Å². The molecule has 0 atom stereocenters. The second kappa shape index (κ2) is 3.22. The van der Waals surface area contributed by atoms with Gasteiger partial charge in [0.1, 0.15) is 12.5 Å². The summed E-state index contributed by atoms with van der Waals surface area (Å²) in [4.78, 5) is 4.11. The zero-order valence-electron chi connectivity index (χ0n) is 7.18. The number of rotatable bonds is 2. The smallest absolute Gasteiger partial charge is 0.117 e. The normalized spacial score (nSPS) is 10.6. The fraction of sp³-hybridized carbons (Fsp3) is 0.250. The van der Waals surface area contributed by atoms with Crippen molar-refractivity contribution in [2.75, 3.05) is 0 Å². The molecular formula is C8H9ClN4. The SMILES string of the molecule is Cc1nccn1Cn1cc(Cl)cn1. The Morgan fingerprint density at radius 2 is 2.38 bits per heavy atom. The summed E-state index contributed by atoms with van der Waals surface area (Å²) in [6.07, 6.45) is 7.07. The molecule has 13 heavy (non-hydrogen) atoms. The van der Waals surface area contributed by atoms with Gasteiger partial charge < -0.3 is 4.57 Å². The monoisotopic (exact) mass is 196 g/mol. The number of hydrogen-bond donors (Lipinski definition) is 0. The molecule has 0 spiro atoms. The number of hydrogen-bond acceptors (Lipinski definition) is 2. The minimum Gasteiger partial charge on any atom is -0.315 e. The van der Waals surface area contributed by atoms with E-state index in [0.29, 0.717) is 11.7 Å². The minimum atomic E-state index is 0.651. The third-order valence-corrected chi connectivity index (χ3v) is 2.02. The number of halogens is 1.